The summed E-state index contributed by atoms with van der Waals surface area (Å²) in [5, 5.41) is 2.91. The molecule has 0 radical (unpaired) electrons. The lowest BCUT2D eigenvalue weighted by Gasteiger charge is -2.07. The molecule has 2 nitrogen and oxygen atoms in total. The Morgan fingerprint density at radius 1 is 0.818 bits per heavy atom. The summed E-state index contributed by atoms with van der Waals surface area (Å²) in [6, 6.07) is 19.9. The maximum atomic E-state index is 11.8. The smallest absolute Gasteiger partial charge is 0.224 e. The number of benzene rings is 2. The van der Waals surface area contributed by atoms with Crippen molar-refractivity contribution < 1.29 is 4.79 Å². The number of unbranched alkanes of at least 4 members (excludes halogenated alkanes) is 2. The van der Waals surface area contributed by atoms with Gasteiger partial charge in [0.1, 0.15) is 0 Å². The number of carbonyl (C=O) groups is 1. The quantitative estimate of drug-likeness (QED) is 0.658. The predicted molar refractivity (Wildman–Crippen MR) is 93.6 cm³/mol. The van der Waals surface area contributed by atoms with Crippen molar-refractivity contribution in [3.8, 4) is 0 Å². The second-order valence-electron chi connectivity index (χ2n) is 5.44. The highest BCUT2D eigenvalue weighted by Crippen LogP contribution is 2.19. The number of allylic oxidation sites excluding steroid dienone is 1. The van der Waals surface area contributed by atoms with Crippen LogP contribution in [0.3, 0.4) is 0 Å². The van der Waals surface area contributed by atoms with E-state index in [0.717, 1.165) is 31.4 Å². The van der Waals surface area contributed by atoms with Gasteiger partial charge < -0.3 is 5.32 Å². The average molecular weight is 293 g/mol. The van der Waals surface area contributed by atoms with Crippen LogP contribution in [0.25, 0.3) is 5.57 Å². The molecule has 22 heavy (non-hydrogen) atoms. The average Bonchev–Trinajstić information content (AvgIpc) is 2.56. The fourth-order valence-corrected chi connectivity index (χ4v) is 2.36. The summed E-state index contributed by atoms with van der Waals surface area (Å²) < 4.78 is 0. The van der Waals surface area contributed by atoms with Crippen molar-refractivity contribution in [1.29, 1.82) is 0 Å². The Labute approximate surface area is 132 Å². The number of hydrogen-bond acceptors (Lipinski definition) is 1. The molecule has 0 heterocycles. The third-order valence-corrected chi connectivity index (χ3v) is 3.62. The summed E-state index contributed by atoms with van der Waals surface area (Å²) in [7, 11) is 0. The second-order valence-corrected chi connectivity index (χ2v) is 5.44. The fourth-order valence-electron chi connectivity index (χ4n) is 2.36. The predicted octanol–water partition coefficient (Wildman–Crippen LogP) is 5.29. The Balaban J connectivity index is 1.59. The topological polar surface area (TPSA) is 29.1 Å². The zero-order valence-corrected chi connectivity index (χ0v) is 12.9. The van der Waals surface area contributed by atoms with Crippen molar-refractivity contribution in [2.75, 3.05) is 5.32 Å². The molecule has 2 aromatic rings. The molecule has 2 rings (SSSR count). The van der Waals surface area contributed by atoms with Crippen LogP contribution >= 0.6 is 0 Å². The third kappa shape index (κ3) is 5.57. The first-order valence-corrected chi connectivity index (χ1v) is 7.84. The van der Waals surface area contributed by atoms with Gasteiger partial charge in [0.15, 0.2) is 0 Å². The van der Waals surface area contributed by atoms with E-state index in [1.54, 1.807) is 0 Å². The summed E-state index contributed by atoms with van der Waals surface area (Å²) in [5.74, 6) is 0.0908. The largest absolute Gasteiger partial charge is 0.326 e. The molecule has 0 fully saturated rings. The summed E-state index contributed by atoms with van der Waals surface area (Å²) in [6.45, 7) is 4.13. The first-order chi connectivity index (χ1) is 10.8. The van der Waals surface area contributed by atoms with E-state index in [4.69, 9.17) is 0 Å². The van der Waals surface area contributed by atoms with Gasteiger partial charge in [-0.3, -0.25) is 4.79 Å². The monoisotopic (exact) mass is 293 g/mol. The molecule has 0 aliphatic carbocycles. The van der Waals surface area contributed by atoms with E-state index < -0.39 is 0 Å². The molecule has 0 saturated carbocycles. The van der Waals surface area contributed by atoms with Crippen LogP contribution in [0, 0.1) is 0 Å². The lowest BCUT2D eigenvalue weighted by atomic mass is 10.0. The molecule has 0 aliphatic heterocycles. The van der Waals surface area contributed by atoms with Crippen LogP contribution in [0.4, 0.5) is 5.69 Å². The van der Waals surface area contributed by atoms with Crippen LogP contribution in [0.1, 0.15) is 37.7 Å². The number of carbonyl (C=O) groups excluding carboxylic acids is 1. The molecule has 1 amide bonds. The number of hydrogen-bond donors (Lipinski definition) is 1. The minimum Gasteiger partial charge on any atom is -0.326 e. The van der Waals surface area contributed by atoms with E-state index >= 15 is 0 Å². The van der Waals surface area contributed by atoms with Gasteiger partial charge in [0.2, 0.25) is 5.91 Å². The van der Waals surface area contributed by atoms with E-state index in [2.05, 4.69) is 24.0 Å². The molecule has 0 atom stereocenters. The Morgan fingerprint density at radius 3 is 2.09 bits per heavy atom. The highest BCUT2D eigenvalue weighted by atomic mass is 16.1. The van der Waals surface area contributed by atoms with Gasteiger partial charge in [0, 0.05) is 12.1 Å². The van der Waals surface area contributed by atoms with E-state index in [0.29, 0.717) is 6.42 Å². The third-order valence-electron chi connectivity index (χ3n) is 3.62. The van der Waals surface area contributed by atoms with Crippen LogP contribution < -0.4 is 5.32 Å². The molecule has 0 saturated heterocycles. The van der Waals surface area contributed by atoms with Crippen LogP contribution in [-0.2, 0) is 4.79 Å². The second kappa shape index (κ2) is 8.83. The number of para-hydroxylation sites is 1. The van der Waals surface area contributed by atoms with Crippen molar-refractivity contribution >= 4 is 17.2 Å². The molecular weight excluding hydrogens is 270 g/mol. The normalized spacial score (nSPS) is 10.2. The number of amides is 1. The lowest BCUT2D eigenvalue weighted by Crippen LogP contribution is -2.10. The Kier molecular flexibility index (Phi) is 6.43. The maximum Gasteiger partial charge on any atom is 0.224 e. The fraction of sp³-hybridized carbons (Fsp3) is 0.250. The minimum atomic E-state index is 0.0908. The van der Waals surface area contributed by atoms with Crippen molar-refractivity contribution in [1.82, 2.24) is 0 Å². The van der Waals surface area contributed by atoms with Gasteiger partial charge in [0.05, 0.1) is 0 Å². The van der Waals surface area contributed by atoms with Gasteiger partial charge in [0.25, 0.3) is 0 Å². The van der Waals surface area contributed by atoms with Crippen LogP contribution in [0.5, 0.6) is 0 Å². The Bertz CT molecular complexity index is 590. The lowest BCUT2D eigenvalue weighted by molar-refractivity contribution is -0.116. The summed E-state index contributed by atoms with van der Waals surface area (Å²) in [6.07, 6.45) is 4.61. The van der Waals surface area contributed by atoms with Gasteiger partial charge in [-0.1, -0.05) is 61.5 Å². The van der Waals surface area contributed by atoms with Gasteiger partial charge >= 0.3 is 0 Å². The number of nitrogens with one attached hydrogen (secondary N) is 1. The van der Waals surface area contributed by atoms with E-state index in [9.17, 15) is 4.79 Å². The molecule has 0 bridgehead atoms. The van der Waals surface area contributed by atoms with Gasteiger partial charge in [-0.05, 0) is 42.5 Å². The molecule has 0 spiro atoms. The number of rotatable bonds is 8. The maximum absolute atomic E-state index is 11.8. The van der Waals surface area contributed by atoms with E-state index in [1.807, 2.05) is 48.5 Å². The molecule has 1 N–H and O–H groups in total. The first-order valence-electron chi connectivity index (χ1n) is 7.84. The molecule has 0 aliphatic rings. The zero-order chi connectivity index (χ0) is 15.6. The molecule has 2 heteroatoms. The first kappa shape index (κ1) is 16.0. The van der Waals surface area contributed by atoms with Crippen LogP contribution in [-0.4, -0.2) is 5.91 Å². The highest BCUT2D eigenvalue weighted by molar-refractivity contribution is 5.90. The molecule has 114 valence electrons. The standard InChI is InChI=1S/C20H23NO/c1-17(18-12-6-3-7-13-18)11-5-2-10-16-20(22)21-19-14-8-4-9-15-19/h3-4,6-9,12-15H,1-2,5,10-11,16H2,(H,21,22). The van der Waals surface area contributed by atoms with Crippen LogP contribution in [0.15, 0.2) is 67.2 Å². The molecule has 2 aromatic carbocycles. The van der Waals surface area contributed by atoms with E-state index in [-0.39, 0.29) is 5.91 Å². The van der Waals surface area contributed by atoms with Crippen molar-refractivity contribution in [2.45, 2.75) is 32.1 Å². The Hall–Kier alpha value is -2.35. The number of anilines is 1. The molecule has 0 unspecified atom stereocenters. The summed E-state index contributed by atoms with van der Waals surface area (Å²) in [5.41, 5.74) is 3.25. The summed E-state index contributed by atoms with van der Waals surface area (Å²) in [4.78, 5) is 11.8. The minimum absolute atomic E-state index is 0.0908. The van der Waals surface area contributed by atoms with E-state index in [1.165, 1.54) is 11.1 Å². The van der Waals surface area contributed by atoms with Gasteiger partial charge in [-0.2, -0.15) is 0 Å². The Morgan fingerprint density at radius 2 is 1.41 bits per heavy atom. The van der Waals surface area contributed by atoms with Crippen LogP contribution in [0.2, 0.25) is 0 Å². The molecular formula is C20H23NO. The molecule has 0 aromatic heterocycles. The highest BCUT2D eigenvalue weighted by Gasteiger charge is 2.02. The van der Waals surface area contributed by atoms with Gasteiger partial charge in [-0.15, -0.1) is 0 Å². The SMILES string of the molecule is C=C(CCCCCC(=O)Nc1ccccc1)c1ccccc1. The van der Waals surface area contributed by atoms with Crippen molar-refractivity contribution in [3.05, 3.63) is 72.8 Å². The van der Waals surface area contributed by atoms with Crippen molar-refractivity contribution in [3.63, 3.8) is 0 Å². The zero-order valence-electron chi connectivity index (χ0n) is 12.9. The van der Waals surface area contributed by atoms with Gasteiger partial charge in [-0.25, -0.2) is 0 Å². The summed E-state index contributed by atoms with van der Waals surface area (Å²) >= 11 is 0. The van der Waals surface area contributed by atoms with Crippen molar-refractivity contribution in [2.24, 2.45) is 0 Å².